The van der Waals surface area contributed by atoms with Gasteiger partial charge in [0.1, 0.15) is 6.10 Å². The largest absolute Gasteiger partial charge is 0.373 e. The predicted molar refractivity (Wildman–Crippen MR) is 69.9 cm³/mol. The van der Waals surface area contributed by atoms with Crippen molar-refractivity contribution in [1.82, 2.24) is 10.1 Å². The van der Waals surface area contributed by atoms with Crippen LogP contribution in [0.5, 0.6) is 0 Å². The van der Waals surface area contributed by atoms with Crippen molar-refractivity contribution < 1.29 is 9.26 Å². The van der Waals surface area contributed by atoms with Crippen molar-refractivity contribution in [1.29, 1.82) is 0 Å². The van der Waals surface area contributed by atoms with Crippen LogP contribution in [-0.2, 0) is 4.74 Å². The van der Waals surface area contributed by atoms with Crippen molar-refractivity contribution in [3.05, 3.63) is 11.7 Å². The summed E-state index contributed by atoms with van der Waals surface area (Å²) in [5.41, 5.74) is 5.94. The lowest BCUT2D eigenvalue weighted by molar-refractivity contribution is 0.00718. The molecule has 0 spiro atoms. The molecule has 0 bridgehead atoms. The summed E-state index contributed by atoms with van der Waals surface area (Å²) in [6.07, 6.45) is 0.635. The SMILES string of the molecule is COC(c1noc(C(N)CC(C)C)n1)C(C)(C)C. The maximum Gasteiger partial charge on any atom is 0.243 e. The van der Waals surface area contributed by atoms with Crippen LogP contribution in [0.25, 0.3) is 0 Å². The van der Waals surface area contributed by atoms with Gasteiger partial charge in [0.05, 0.1) is 6.04 Å². The van der Waals surface area contributed by atoms with E-state index in [-0.39, 0.29) is 17.6 Å². The van der Waals surface area contributed by atoms with Gasteiger partial charge in [-0.3, -0.25) is 0 Å². The molecule has 2 unspecified atom stereocenters. The Labute approximate surface area is 109 Å². The van der Waals surface area contributed by atoms with Crippen LogP contribution in [-0.4, -0.2) is 17.3 Å². The third-order valence-electron chi connectivity index (χ3n) is 2.76. The van der Waals surface area contributed by atoms with E-state index in [1.807, 2.05) is 0 Å². The minimum absolute atomic E-state index is 0.0853. The van der Waals surface area contributed by atoms with E-state index in [0.717, 1.165) is 6.42 Å². The molecule has 1 aromatic rings. The van der Waals surface area contributed by atoms with Crippen molar-refractivity contribution in [3.63, 3.8) is 0 Å². The smallest absolute Gasteiger partial charge is 0.243 e. The molecule has 0 fully saturated rings. The van der Waals surface area contributed by atoms with E-state index in [1.165, 1.54) is 0 Å². The standard InChI is InChI=1S/C13H25N3O2/c1-8(2)7-9(14)12-15-11(16-18-12)10(17-6)13(3,4)5/h8-10H,7,14H2,1-6H3. The lowest BCUT2D eigenvalue weighted by Gasteiger charge is -2.26. The number of hydrogen-bond acceptors (Lipinski definition) is 5. The molecule has 1 aromatic heterocycles. The van der Waals surface area contributed by atoms with Gasteiger partial charge >= 0.3 is 0 Å². The normalized spacial score (nSPS) is 16.0. The van der Waals surface area contributed by atoms with Gasteiger partial charge in [0, 0.05) is 7.11 Å². The van der Waals surface area contributed by atoms with Gasteiger partial charge in [-0.05, 0) is 17.8 Å². The van der Waals surface area contributed by atoms with Crippen molar-refractivity contribution in [3.8, 4) is 0 Å². The molecule has 1 heterocycles. The number of hydrogen-bond donors (Lipinski definition) is 1. The molecule has 2 N–H and O–H groups in total. The van der Waals surface area contributed by atoms with Crippen LogP contribution in [0, 0.1) is 11.3 Å². The molecular weight excluding hydrogens is 230 g/mol. The summed E-state index contributed by atoms with van der Waals surface area (Å²) >= 11 is 0. The van der Waals surface area contributed by atoms with E-state index in [1.54, 1.807) is 7.11 Å². The minimum atomic E-state index is -0.205. The van der Waals surface area contributed by atoms with E-state index in [9.17, 15) is 0 Å². The molecule has 0 aliphatic carbocycles. The minimum Gasteiger partial charge on any atom is -0.373 e. The third-order valence-corrected chi connectivity index (χ3v) is 2.76. The Kier molecular flexibility index (Phi) is 4.87. The first-order valence-electron chi connectivity index (χ1n) is 6.37. The lowest BCUT2D eigenvalue weighted by Crippen LogP contribution is -2.21. The quantitative estimate of drug-likeness (QED) is 0.875. The number of rotatable bonds is 5. The van der Waals surface area contributed by atoms with Crippen LogP contribution < -0.4 is 5.73 Å². The molecule has 0 radical (unpaired) electrons. The van der Waals surface area contributed by atoms with E-state index >= 15 is 0 Å². The number of nitrogens with zero attached hydrogens (tertiary/aromatic N) is 2. The number of nitrogens with two attached hydrogens (primary N) is 1. The maximum atomic E-state index is 6.02. The first kappa shape index (κ1) is 15.1. The van der Waals surface area contributed by atoms with Crippen LogP contribution in [0.3, 0.4) is 0 Å². The second-order valence-electron chi connectivity index (χ2n) is 6.21. The molecule has 0 saturated carbocycles. The number of ether oxygens (including phenoxy) is 1. The van der Waals surface area contributed by atoms with Crippen molar-refractivity contribution in [2.75, 3.05) is 7.11 Å². The zero-order valence-electron chi connectivity index (χ0n) is 12.2. The monoisotopic (exact) mass is 255 g/mol. The fraction of sp³-hybridized carbons (Fsp3) is 0.846. The van der Waals surface area contributed by atoms with Gasteiger partial charge in [0.2, 0.25) is 11.7 Å². The van der Waals surface area contributed by atoms with Crippen molar-refractivity contribution in [2.45, 2.75) is 53.2 Å². The van der Waals surface area contributed by atoms with Crippen LogP contribution in [0.4, 0.5) is 0 Å². The Bertz CT molecular complexity index is 369. The highest BCUT2D eigenvalue weighted by atomic mass is 16.5. The summed E-state index contributed by atoms with van der Waals surface area (Å²) in [5, 5.41) is 3.99. The van der Waals surface area contributed by atoms with Crippen LogP contribution in [0.2, 0.25) is 0 Å². The Morgan fingerprint density at radius 2 is 1.94 bits per heavy atom. The number of aromatic nitrogens is 2. The van der Waals surface area contributed by atoms with E-state index in [2.05, 4.69) is 44.8 Å². The Morgan fingerprint density at radius 3 is 2.39 bits per heavy atom. The highest BCUT2D eigenvalue weighted by Crippen LogP contribution is 2.34. The molecule has 5 heteroatoms. The topological polar surface area (TPSA) is 74.2 Å². The van der Waals surface area contributed by atoms with E-state index < -0.39 is 0 Å². The molecule has 0 aliphatic rings. The maximum absolute atomic E-state index is 6.02. The van der Waals surface area contributed by atoms with Gasteiger partial charge in [-0.1, -0.05) is 39.8 Å². The lowest BCUT2D eigenvalue weighted by atomic mass is 9.88. The molecule has 0 aliphatic heterocycles. The average molecular weight is 255 g/mol. The first-order valence-corrected chi connectivity index (χ1v) is 6.37. The molecule has 104 valence electrons. The molecule has 0 saturated heterocycles. The summed E-state index contributed by atoms with van der Waals surface area (Å²) in [6.45, 7) is 10.5. The summed E-state index contributed by atoms with van der Waals surface area (Å²) in [7, 11) is 1.65. The van der Waals surface area contributed by atoms with Gasteiger partial charge in [-0.25, -0.2) is 0 Å². The van der Waals surface area contributed by atoms with Gasteiger partial charge in [-0.2, -0.15) is 4.98 Å². The molecule has 0 amide bonds. The fourth-order valence-corrected chi connectivity index (χ4v) is 1.96. The average Bonchev–Trinajstić information content (AvgIpc) is 2.64. The predicted octanol–water partition coefficient (Wildman–Crippen LogP) is 2.85. The number of methoxy groups -OCH3 is 1. The summed E-state index contributed by atoms with van der Waals surface area (Å²) in [5.74, 6) is 1.56. The van der Waals surface area contributed by atoms with E-state index in [0.29, 0.717) is 17.6 Å². The summed E-state index contributed by atoms with van der Waals surface area (Å²) in [6, 6.07) is -0.205. The molecule has 18 heavy (non-hydrogen) atoms. The zero-order valence-corrected chi connectivity index (χ0v) is 12.2. The second kappa shape index (κ2) is 5.80. The summed E-state index contributed by atoms with van der Waals surface area (Å²) in [4.78, 5) is 4.37. The molecule has 2 atom stereocenters. The highest BCUT2D eigenvalue weighted by molar-refractivity contribution is 4.98. The molecular formula is C13H25N3O2. The van der Waals surface area contributed by atoms with Gasteiger partial charge in [0.25, 0.3) is 0 Å². The van der Waals surface area contributed by atoms with Crippen molar-refractivity contribution in [2.24, 2.45) is 17.1 Å². The van der Waals surface area contributed by atoms with Crippen molar-refractivity contribution >= 4 is 0 Å². The third kappa shape index (κ3) is 3.78. The second-order valence-corrected chi connectivity index (χ2v) is 6.21. The van der Waals surface area contributed by atoms with Crippen LogP contribution in [0.1, 0.15) is 64.9 Å². The Morgan fingerprint density at radius 1 is 1.33 bits per heavy atom. The van der Waals surface area contributed by atoms with E-state index in [4.69, 9.17) is 15.0 Å². The van der Waals surface area contributed by atoms with Gasteiger partial charge < -0.3 is 15.0 Å². The zero-order chi connectivity index (χ0) is 13.9. The fourth-order valence-electron chi connectivity index (χ4n) is 1.96. The molecule has 5 nitrogen and oxygen atoms in total. The van der Waals surface area contributed by atoms with Gasteiger partial charge in [-0.15, -0.1) is 0 Å². The molecule has 1 rings (SSSR count). The molecule has 0 aromatic carbocycles. The first-order chi connectivity index (χ1) is 8.25. The van der Waals surface area contributed by atoms with Crippen LogP contribution in [0.15, 0.2) is 4.52 Å². The Hall–Kier alpha value is -0.940. The Balaban J connectivity index is 2.85. The van der Waals surface area contributed by atoms with Crippen LogP contribution >= 0.6 is 0 Å². The summed E-state index contributed by atoms with van der Waals surface area (Å²) < 4.78 is 10.7. The highest BCUT2D eigenvalue weighted by Gasteiger charge is 2.31. The van der Waals surface area contributed by atoms with Gasteiger partial charge in [0.15, 0.2) is 0 Å².